The average Bonchev–Trinajstić information content (AvgIpc) is 1.00. The van der Waals surface area contributed by atoms with Crippen LogP contribution < -0.4 is 27.2 Å². The summed E-state index contributed by atoms with van der Waals surface area (Å²) < 4.78 is 7.87. The van der Waals surface area contributed by atoms with Crippen LogP contribution in [0.25, 0.3) is 4.85 Å². The maximum Gasteiger partial charge on any atom is 0.414 e. The number of halogens is 34. The number of benzene rings is 2. The van der Waals surface area contributed by atoms with Crippen molar-refractivity contribution in [3.63, 3.8) is 0 Å². The first-order valence-electron chi connectivity index (χ1n) is 21.9. The molecule has 3 heterocycles. The number of nitrogens with zero attached hydrogens (tertiary/aromatic N) is 8. The van der Waals surface area contributed by atoms with Crippen LogP contribution in [0.3, 0.4) is 0 Å². The first-order valence-corrected chi connectivity index (χ1v) is 206. The smallest absolute Gasteiger partial charge is 0.414 e. The number of alkyl carbamates (subject to hydrolysis) is 1. The Morgan fingerprint density at radius 3 is 1.30 bits per heavy atom. The molecule has 0 fully saturated rings. The molecule has 0 atom stereocenters. The number of ether oxygens (including phenoxy) is 1. The number of nitrogens with two attached hydrogens (primary N) is 1. The van der Waals surface area contributed by atoms with Crippen LogP contribution in [0.5, 0.6) is 0 Å². The second kappa shape index (κ2) is 54.6. The first kappa shape index (κ1) is 102. The minimum Gasteiger partial charge on any atom is -0.450 e. The number of ketones is 1. The molecule has 4 aromatic rings. The summed E-state index contributed by atoms with van der Waals surface area (Å²) >= 11 is 75.4. The first-order chi connectivity index (χ1) is 41.9. The molecule has 0 aliphatic carbocycles. The molecule has 0 bridgehead atoms. The van der Waals surface area contributed by atoms with Crippen LogP contribution in [-0.4, -0.2) is 61.7 Å². The van der Waals surface area contributed by atoms with E-state index in [2.05, 4.69) is 323 Å². The van der Waals surface area contributed by atoms with Crippen LogP contribution in [0.1, 0.15) is 75.1 Å². The number of nitrogens with one attached hydrogen (secondary N) is 1. The van der Waals surface area contributed by atoms with E-state index < -0.39 is 141 Å². The summed E-state index contributed by atoms with van der Waals surface area (Å²) in [5.41, 5.74) is 8.13. The van der Waals surface area contributed by atoms with Crippen molar-refractivity contribution in [1.82, 2.24) is 24.4 Å². The van der Waals surface area contributed by atoms with E-state index in [4.69, 9.17) is 64.0 Å². The summed E-state index contributed by atoms with van der Waals surface area (Å²) in [5.74, 6) is -1.73. The van der Waals surface area contributed by atoms with E-state index in [0.717, 1.165) is 10.6 Å². The maximum absolute atomic E-state index is 12.2. The van der Waals surface area contributed by atoms with Crippen molar-refractivity contribution in [3.05, 3.63) is 124 Å². The van der Waals surface area contributed by atoms with Crippen LogP contribution in [0.2, 0.25) is 20.1 Å². The van der Waals surface area contributed by atoms with E-state index >= 15 is 0 Å². The number of nitriles is 1. The Morgan fingerprint density at radius 2 is 0.989 bits per heavy atom. The van der Waals surface area contributed by atoms with Gasteiger partial charge in [-0.05, 0) is 43.0 Å². The molecule has 1 aliphatic heterocycles. The Kier molecular flexibility index (Phi) is 61.8. The zero-order valence-corrected chi connectivity index (χ0v) is 112. The normalized spacial score (nSPS) is 14.1. The summed E-state index contributed by atoms with van der Waals surface area (Å²) in [6.45, 7) is 16.2. The standard InChI is InChI=1S/C19H15Cl2N5O3.C14H15Cl2N3O.C6H8N2O3.I30/c1-10(2)12-7-25(9-23-19(12)29)8-13-14(20)3-11(4-15(13)21)26-18(28)5-17(27)16(6-22)24-26;1-8(2)10-5-19(7-18-14(10)20)6-11-12(15)3-9(17)4-13(11)16;1-3-11-6(10)8-5(9)4-7-2;1-17(2)19(5)21(7)23(9)25(11)27(13)29(15)30(16)28(14)26(12)24(10)22(8)20(6)18(3)4/h3-4,7,9-10H,5,8H2,1-2H3;3-5,7-8H,6,17H2,1-2H3;3-4H2,1H3,(H,8,9,10);. The summed E-state index contributed by atoms with van der Waals surface area (Å²) in [5, 5.41) is 17.1. The van der Waals surface area contributed by atoms with Gasteiger partial charge in [-0.1, -0.05) is 74.1 Å². The van der Waals surface area contributed by atoms with Crippen LogP contribution in [0, 0.1) is 17.9 Å². The molecule has 1 aliphatic rings. The number of carbonyl (C=O) groups excluding carboxylic acids is 4. The number of rotatable bonds is 22. The van der Waals surface area contributed by atoms with E-state index in [0.29, 0.717) is 39.0 Å². The predicted octanol–water partition coefficient (Wildman–Crippen LogP) is 33.0. The molecule has 51 heteroatoms. The molecule has 90 heavy (non-hydrogen) atoms. The number of imide groups is 1. The van der Waals surface area contributed by atoms with Gasteiger partial charge in [-0.2, -0.15) is 25.3 Å². The van der Waals surface area contributed by atoms with E-state index in [-0.39, 0.29) is 64.1 Å². The number of anilines is 2. The number of hydrazone groups is 1. The minimum atomic E-state index is -0.804. The maximum atomic E-state index is 12.2. The number of aromatic nitrogens is 4. The van der Waals surface area contributed by atoms with Crippen LogP contribution in [0.4, 0.5) is 16.2 Å². The molecule has 0 radical (unpaired) electrons. The third-order valence-corrected chi connectivity index (χ3v) is 2160. The Bertz CT molecular complexity index is 3270. The van der Waals surface area contributed by atoms with Gasteiger partial charge in [0, 0.05) is 60.4 Å². The molecule has 524 valence electrons. The number of Topliss-reactive ketones (excluding diaryl/α,β-unsaturated/α-hetero) is 1. The molecule has 3 N–H and O–H groups in total. The van der Waals surface area contributed by atoms with Gasteiger partial charge in [0.1, 0.15) is 6.07 Å². The zero-order chi connectivity index (χ0) is 68.9. The van der Waals surface area contributed by atoms with Gasteiger partial charge < -0.3 is 24.4 Å². The van der Waals surface area contributed by atoms with Crippen molar-refractivity contribution in [2.45, 2.75) is 66.0 Å². The molecular formula is C39H38Cl4I30N10O7. The molecule has 2 aromatic heterocycles. The van der Waals surface area contributed by atoms with Gasteiger partial charge in [0.05, 0.1) is 44.5 Å². The topological polar surface area (TPSA) is 229 Å². The fourth-order valence-corrected chi connectivity index (χ4v) is 5040. The van der Waals surface area contributed by atoms with Crippen LogP contribution in [0.15, 0.2) is 64.0 Å². The number of amides is 3. The number of hydrogen-bond donors (Lipinski definition) is 2. The second-order valence-corrected chi connectivity index (χ2v) is 699. The Hall–Kier alpha value is 15.8. The van der Waals surface area contributed by atoms with Gasteiger partial charge in [-0.15, -0.1) is 0 Å². The number of carbonyl (C=O) groups is 4. The van der Waals surface area contributed by atoms with E-state index in [1.807, 2.05) is 33.0 Å². The Labute approximate surface area is 747 Å². The SMILES string of the molecule is CC(C)c1cn(Cc2c(Cl)cc(N)cc2Cl)cnc1=O.CC(C)c1cn(Cc2c(Cl)cc(N3N=C(C#N)C(=O)CC3=O)cc2Cl)cnc1=O.II(I)I(I)I(I)I(I)I(I)I(I)I(I)I(I)I(I)I(I)I(I)I(I)I(I)I(I)I.[C-]#[N+]CC(=O)NC(=O)OCC. The number of nitrogen functional groups attached to an aromatic ring is 1. The van der Waals surface area contributed by atoms with Crippen molar-refractivity contribution in [1.29, 1.82) is 5.26 Å². The third kappa shape index (κ3) is 36.3. The Morgan fingerprint density at radius 1 is 0.644 bits per heavy atom. The van der Waals surface area contributed by atoms with Gasteiger partial charge >= 0.3 is 420 Å². The summed E-state index contributed by atoms with van der Waals surface area (Å²) in [4.78, 5) is 78.8. The van der Waals surface area contributed by atoms with Crippen molar-refractivity contribution < 1.29 is 23.9 Å². The molecule has 0 unspecified atom stereocenters. The molecule has 0 saturated heterocycles. The molecule has 3 amide bonds. The predicted molar refractivity (Wildman–Crippen MR) is 648 cm³/mol. The van der Waals surface area contributed by atoms with Gasteiger partial charge in [0.2, 0.25) is 11.5 Å². The van der Waals surface area contributed by atoms with Gasteiger partial charge in [-0.3, -0.25) is 29.3 Å². The quantitative estimate of drug-likeness (QED) is 0.0325. The molecule has 0 spiro atoms. The van der Waals surface area contributed by atoms with Crippen molar-refractivity contribution >= 4 is 496 Å². The monoisotopic (exact) mass is 4710 g/mol. The molecule has 17 nitrogen and oxygen atoms in total. The van der Waals surface area contributed by atoms with E-state index in [1.54, 1.807) is 46.7 Å². The van der Waals surface area contributed by atoms with Crippen molar-refractivity contribution in [3.8, 4) is 6.07 Å². The van der Waals surface area contributed by atoms with E-state index in [1.165, 1.54) is 24.8 Å². The number of hydrogen-bond acceptors (Lipinski definition) is 12. The summed E-state index contributed by atoms with van der Waals surface area (Å²) in [6, 6.07) is 7.94. The van der Waals surface area contributed by atoms with Crippen LogP contribution in [-0.2, 0) is 32.2 Å². The fraction of sp³-hybridized carbons (Fsp3) is 0.308. The van der Waals surface area contributed by atoms with Crippen LogP contribution >= 0.6 is 455 Å². The molecule has 0 saturated carbocycles. The largest absolute Gasteiger partial charge is 0.450 e. The average molecular weight is 4710 g/mol. The molecular weight excluding hydrogens is 4670 g/mol. The van der Waals surface area contributed by atoms with E-state index in [9.17, 15) is 28.8 Å². The van der Waals surface area contributed by atoms with Gasteiger partial charge in [-0.25, -0.2) is 11.4 Å². The molecule has 5 rings (SSSR count). The zero-order valence-electron chi connectivity index (χ0n) is 44.2. The minimum absolute atomic E-state index is 0.00999. The van der Waals surface area contributed by atoms with Gasteiger partial charge in [0.25, 0.3) is 23.6 Å². The van der Waals surface area contributed by atoms with Crippen molar-refractivity contribution in [2.24, 2.45) is 5.10 Å². The van der Waals surface area contributed by atoms with Gasteiger partial charge in [0.15, 0.2) is 0 Å². The van der Waals surface area contributed by atoms with Crippen molar-refractivity contribution in [2.75, 3.05) is 23.9 Å². The summed E-state index contributed by atoms with van der Waals surface area (Å²) in [6.07, 6.45) is 5.10. The Balaban J connectivity index is 0.000000430. The molecule has 2 aromatic carbocycles. The summed E-state index contributed by atoms with van der Waals surface area (Å²) in [7, 11) is -6.50. The third-order valence-electron chi connectivity index (χ3n) is 9.13. The second-order valence-electron chi connectivity index (χ2n) is 15.5. The fourth-order valence-electron chi connectivity index (χ4n) is 5.46.